The monoisotopic (exact) mass is 699 g/mol. The molecule has 0 bridgehead atoms. The number of nitrogens with zero attached hydrogens (tertiary/aromatic N) is 4. The van der Waals surface area contributed by atoms with Crippen LogP contribution in [0.2, 0.25) is 10.0 Å². The molecule has 198 valence electrons. The summed E-state index contributed by atoms with van der Waals surface area (Å²) in [7, 11) is -9.46. The van der Waals surface area contributed by atoms with Crippen molar-refractivity contribution in [2.24, 2.45) is 15.3 Å². The number of anilines is 2. The van der Waals surface area contributed by atoms with Crippen LogP contribution in [0.1, 0.15) is 6.92 Å². The normalized spacial score (nSPS) is 15.4. The first-order valence-corrected chi connectivity index (χ1v) is 14.0. The fourth-order valence-electron chi connectivity index (χ4n) is 2.95. The molecule has 2 amide bonds. The predicted molar refractivity (Wildman–Crippen MR) is 150 cm³/mol. The Hall–Kier alpha value is -0.730. The summed E-state index contributed by atoms with van der Waals surface area (Å²) in [5.41, 5.74) is -0.358. The molecule has 0 spiro atoms. The molecule has 2 radical (unpaired) electrons. The minimum absolute atomic E-state index is 0. The molecule has 0 saturated heterocycles. The van der Waals surface area contributed by atoms with Crippen molar-refractivity contribution in [1.82, 2.24) is 0 Å². The summed E-state index contributed by atoms with van der Waals surface area (Å²) >= 11 is 14.9. The van der Waals surface area contributed by atoms with Gasteiger partial charge in [-0.25, -0.2) is 0 Å². The molecule has 13 nitrogen and oxygen atoms in total. The molecule has 39 heavy (non-hydrogen) atoms. The van der Waals surface area contributed by atoms with Gasteiger partial charge in [0.05, 0.1) is 25.9 Å². The topological polar surface area (TPSA) is 195 Å². The molecule has 0 fully saturated rings. The molecule has 0 saturated carbocycles. The second kappa shape index (κ2) is 14.0. The first-order valence-electron chi connectivity index (χ1n) is 9.54. The van der Waals surface area contributed by atoms with Crippen molar-refractivity contribution in [2.75, 3.05) is 10.3 Å². The van der Waals surface area contributed by atoms with Crippen molar-refractivity contribution in [3.05, 3.63) is 51.4 Å². The smallest absolute Gasteiger partial charge is 0.296 e. The average molecular weight is 701 g/mol. The Morgan fingerprint density at radius 1 is 1.08 bits per heavy atom. The number of hydrogen-bond donors (Lipinski definition) is 3. The Bertz CT molecular complexity index is 1640. The molecule has 1 unspecified atom stereocenters. The second-order valence-electron chi connectivity index (χ2n) is 7.24. The summed E-state index contributed by atoms with van der Waals surface area (Å²) in [6, 6.07) is 3.72. The van der Waals surface area contributed by atoms with Gasteiger partial charge in [-0.05, 0) is 53.2 Å². The van der Waals surface area contributed by atoms with E-state index in [4.69, 9.17) is 23.2 Å². The van der Waals surface area contributed by atoms with Crippen LogP contribution < -0.4 is 10.3 Å². The zero-order chi connectivity index (χ0) is 27.9. The quantitative estimate of drug-likeness (QED) is 0.169. The van der Waals surface area contributed by atoms with E-state index in [1.165, 1.54) is 13.0 Å². The number of carbonyl (C=O) groups is 2. The van der Waals surface area contributed by atoms with Crippen LogP contribution in [0.5, 0.6) is 0 Å². The molecule has 20 heteroatoms. The Morgan fingerprint density at radius 3 is 2.21 bits per heavy atom. The summed E-state index contributed by atoms with van der Waals surface area (Å²) in [5, 5.41) is 14.1. The molecule has 0 aliphatic carbocycles. The third-order valence-corrected chi connectivity index (χ3v) is 7.51. The van der Waals surface area contributed by atoms with E-state index in [-0.39, 0.29) is 85.7 Å². The number of hydrogen-bond acceptors (Lipinski definition) is 9. The molecule has 1 aliphatic rings. The van der Waals surface area contributed by atoms with Gasteiger partial charge in [0.15, 0.2) is 6.04 Å². The number of hydrazone groups is 1. The van der Waals surface area contributed by atoms with E-state index < -0.39 is 58.6 Å². The van der Waals surface area contributed by atoms with Gasteiger partial charge in [-0.2, -0.15) is 37.2 Å². The molecule has 1 aliphatic heterocycles. The van der Waals surface area contributed by atoms with Gasteiger partial charge in [0, 0.05) is 64.8 Å². The van der Waals surface area contributed by atoms with Crippen LogP contribution in [-0.4, -0.2) is 109 Å². The van der Waals surface area contributed by atoms with Gasteiger partial charge < -0.3 is 5.32 Å². The second-order valence-corrected chi connectivity index (χ2v) is 11.8. The van der Waals surface area contributed by atoms with Gasteiger partial charge in [0.1, 0.15) is 15.5 Å². The van der Waals surface area contributed by atoms with Gasteiger partial charge in [0.2, 0.25) is 0 Å². The Morgan fingerprint density at radius 2 is 1.67 bits per heavy atom. The molecular weight excluding hydrogens is 687 g/mol. The number of azo groups is 1. The van der Waals surface area contributed by atoms with Crippen molar-refractivity contribution in [3.8, 4) is 0 Å². The van der Waals surface area contributed by atoms with Crippen LogP contribution in [-0.2, 0) is 29.8 Å². The molecule has 0 aromatic heterocycles. The number of nitrogens with one attached hydrogen (secondary N) is 1. The summed E-state index contributed by atoms with van der Waals surface area (Å²) in [5.74, 6) is -1.45. The van der Waals surface area contributed by atoms with Crippen LogP contribution in [0, 0.1) is 0 Å². The van der Waals surface area contributed by atoms with Gasteiger partial charge in [-0.3, -0.25) is 18.7 Å². The largest absolute Gasteiger partial charge is 0.321 e. The Labute approximate surface area is 285 Å². The maximum Gasteiger partial charge on any atom is 0.296 e. The van der Waals surface area contributed by atoms with Crippen LogP contribution in [0.25, 0.3) is 0 Å². The van der Waals surface area contributed by atoms with E-state index in [1.807, 2.05) is 0 Å². The maximum atomic E-state index is 13.0. The average Bonchev–Trinajstić information content (AvgIpc) is 3.05. The molecule has 3 rings (SSSR count). The number of carbonyl (C=O) groups excluding carboxylic acids is 2. The van der Waals surface area contributed by atoms with Crippen LogP contribution >= 0.6 is 39.1 Å². The van der Waals surface area contributed by atoms with Crippen molar-refractivity contribution < 1.29 is 35.5 Å². The standard InChI is InChI=1S/C19H14BrCl2N5O8S2.2Na/c1-8(20)18(28)23-10-3-4-15(36(30,31)32)13(5-10)24-25-17-9(2)26-27(19(17)29)14-6-12(22)16(7-11(14)21)37(33,34)35;;/h3-7,17H,1H2,2H3,(H,23,28)(H,30,31,32)(H,33,34,35);;. The van der Waals surface area contributed by atoms with Crippen molar-refractivity contribution in [3.63, 3.8) is 0 Å². The van der Waals surface area contributed by atoms with Gasteiger partial charge in [0.25, 0.3) is 32.1 Å². The first kappa shape index (κ1) is 36.3. The van der Waals surface area contributed by atoms with Gasteiger partial charge in [-0.15, -0.1) is 0 Å². The summed E-state index contributed by atoms with van der Waals surface area (Å²) in [6.07, 6.45) is 0. The minimum atomic E-state index is -4.77. The zero-order valence-electron chi connectivity index (χ0n) is 20.3. The zero-order valence-corrected chi connectivity index (χ0v) is 29.0. The molecule has 2 aromatic rings. The van der Waals surface area contributed by atoms with E-state index in [0.717, 1.165) is 29.3 Å². The number of rotatable bonds is 7. The van der Waals surface area contributed by atoms with Gasteiger partial charge in [-0.1, -0.05) is 29.8 Å². The minimum Gasteiger partial charge on any atom is -0.321 e. The SMILES string of the molecule is C=C(Br)C(=O)Nc1ccc(S(=O)(=O)O)c(N=NC2C(=O)N(c3cc(Cl)c(S(=O)(=O)O)cc3Cl)N=C2C)c1.[Na].[Na]. The van der Waals surface area contributed by atoms with E-state index in [1.54, 1.807) is 0 Å². The van der Waals surface area contributed by atoms with Crippen molar-refractivity contribution >= 4 is 153 Å². The summed E-state index contributed by atoms with van der Waals surface area (Å²) in [4.78, 5) is 23.5. The van der Waals surface area contributed by atoms with Crippen molar-refractivity contribution in [1.29, 1.82) is 0 Å². The van der Waals surface area contributed by atoms with E-state index >= 15 is 0 Å². The fraction of sp³-hybridized carbons (Fsp3) is 0.105. The summed E-state index contributed by atoms with van der Waals surface area (Å²) < 4.78 is 65.2. The Balaban J connectivity index is 0.00000380. The van der Waals surface area contributed by atoms with E-state index in [0.29, 0.717) is 0 Å². The predicted octanol–water partition coefficient (Wildman–Crippen LogP) is 3.45. The summed E-state index contributed by atoms with van der Waals surface area (Å²) in [6.45, 7) is 4.82. The molecule has 2 aromatic carbocycles. The fourth-order valence-corrected chi connectivity index (χ4v) is 4.98. The van der Waals surface area contributed by atoms with Crippen molar-refractivity contribution in [2.45, 2.75) is 22.8 Å². The Kier molecular flexibility index (Phi) is 13.0. The number of halogens is 3. The molecule has 1 heterocycles. The van der Waals surface area contributed by atoms with Crippen LogP contribution in [0.3, 0.4) is 0 Å². The van der Waals surface area contributed by atoms with Crippen LogP contribution in [0.15, 0.2) is 66.5 Å². The number of benzene rings is 2. The first-order chi connectivity index (χ1) is 17.0. The van der Waals surface area contributed by atoms with Crippen LogP contribution in [0.4, 0.5) is 17.1 Å². The van der Waals surface area contributed by atoms with Gasteiger partial charge >= 0.3 is 0 Å². The third-order valence-electron chi connectivity index (χ3n) is 4.63. The third kappa shape index (κ3) is 8.64. The number of amides is 2. The maximum absolute atomic E-state index is 13.0. The molecule has 3 N–H and O–H groups in total. The van der Waals surface area contributed by atoms with E-state index in [9.17, 15) is 35.5 Å². The molecular formula is C19H14BrCl2N5Na2O8S2. The van der Waals surface area contributed by atoms with E-state index in [2.05, 4.69) is 43.2 Å². The molecule has 1 atom stereocenters.